The molecule has 2 atom stereocenters. The van der Waals surface area contributed by atoms with Crippen LogP contribution in [-0.2, 0) is 11.2 Å². The third-order valence-electron chi connectivity index (χ3n) is 7.10. The molecule has 1 fully saturated rings. The van der Waals surface area contributed by atoms with E-state index in [0.717, 1.165) is 63.6 Å². The van der Waals surface area contributed by atoms with Crippen molar-refractivity contribution in [2.45, 2.75) is 84.6 Å². The molecule has 1 saturated carbocycles. The molecule has 1 aliphatic rings. The molecule has 5 nitrogen and oxygen atoms in total. The van der Waals surface area contributed by atoms with Crippen LogP contribution in [0.3, 0.4) is 0 Å². The molecule has 3 amide bonds. The predicted octanol–water partition coefficient (Wildman–Crippen LogP) is 6.36. The van der Waals surface area contributed by atoms with Gasteiger partial charge in [0.1, 0.15) is 0 Å². The third-order valence-corrected chi connectivity index (χ3v) is 7.10. The number of allylic oxidation sites excluding steroid dienone is 2. The summed E-state index contributed by atoms with van der Waals surface area (Å²) >= 11 is 0. The lowest BCUT2D eigenvalue weighted by atomic mass is 9.98. The number of nitrogens with zero attached hydrogens (tertiary/aromatic N) is 2. The highest BCUT2D eigenvalue weighted by Gasteiger charge is 2.31. The highest BCUT2D eigenvalue weighted by Crippen LogP contribution is 2.28. The molecule has 0 radical (unpaired) electrons. The summed E-state index contributed by atoms with van der Waals surface area (Å²) in [5, 5.41) is 2.88. The Morgan fingerprint density at radius 1 is 1.06 bits per heavy atom. The van der Waals surface area contributed by atoms with Crippen molar-refractivity contribution in [1.29, 1.82) is 0 Å². The first-order chi connectivity index (χ1) is 17.0. The maximum Gasteiger partial charge on any atom is 0.324 e. The number of urea groups is 1. The van der Waals surface area contributed by atoms with Crippen LogP contribution in [0.5, 0.6) is 0 Å². The maximum atomic E-state index is 13.3. The SMILES string of the molecule is C=C/C=C(\C)CNC(=O)N(CC)C(=O)C1CCCC(N(CCCC)CCCc2ccccc2)CC1. The van der Waals surface area contributed by atoms with Gasteiger partial charge < -0.3 is 10.2 Å². The number of benzene rings is 1. The maximum absolute atomic E-state index is 13.3. The number of carbonyl (C=O) groups is 2. The summed E-state index contributed by atoms with van der Waals surface area (Å²) in [6.07, 6.45) is 13.2. The minimum atomic E-state index is -0.291. The van der Waals surface area contributed by atoms with Gasteiger partial charge in [0.15, 0.2) is 0 Å². The molecule has 1 aromatic carbocycles. The molecule has 1 aromatic rings. The van der Waals surface area contributed by atoms with Crippen LogP contribution in [0.25, 0.3) is 0 Å². The van der Waals surface area contributed by atoms with Crippen LogP contribution in [0.1, 0.15) is 77.7 Å². The first kappa shape index (κ1) is 28.8. The summed E-state index contributed by atoms with van der Waals surface area (Å²) in [7, 11) is 0. The summed E-state index contributed by atoms with van der Waals surface area (Å²) in [5.41, 5.74) is 2.41. The van der Waals surface area contributed by atoms with Gasteiger partial charge in [-0.1, -0.05) is 74.4 Å². The van der Waals surface area contributed by atoms with Crippen molar-refractivity contribution in [1.82, 2.24) is 15.1 Å². The molecule has 0 bridgehead atoms. The van der Waals surface area contributed by atoms with E-state index in [2.05, 4.69) is 54.1 Å². The molecule has 0 saturated heterocycles. The molecule has 1 aliphatic carbocycles. The first-order valence-corrected chi connectivity index (χ1v) is 13.6. The average Bonchev–Trinajstić information content (AvgIpc) is 3.12. The zero-order valence-corrected chi connectivity index (χ0v) is 22.3. The van der Waals surface area contributed by atoms with Crippen molar-refractivity contribution in [2.24, 2.45) is 5.92 Å². The fourth-order valence-corrected chi connectivity index (χ4v) is 5.05. The number of hydrogen-bond donors (Lipinski definition) is 1. The van der Waals surface area contributed by atoms with Gasteiger partial charge in [-0.15, -0.1) is 0 Å². The smallest absolute Gasteiger partial charge is 0.324 e. The lowest BCUT2D eigenvalue weighted by Gasteiger charge is -2.31. The Balaban J connectivity index is 1.92. The molecule has 2 unspecified atom stereocenters. The van der Waals surface area contributed by atoms with Gasteiger partial charge in [-0.25, -0.2) is 4.79 Å². The fourth-order valence-electron chi connectivity index (χ4n) is 5.05. The number of aryl methyl sites for hydroxylation is 1. The molecular formula is C30H47N3O2. The van der Waals surface area contributed by atoms with Gasteiger partial charge in [-0.3, -0.25) is 9.69 Å². The van der Waals surface area contributed by atoms with Crippen molar-refractivity contribution in [3.05, 3.63) is 60.2 Å². The molecule has 0 spiro atoms. The second-order valence-corrected chi connectivity index (χ2v) is 9.83. The molecule has 0 aromatic heterocycles. The van der Waals surface area contributed by atoms with Crippen LogP contribution in [0.15, 0.2) is 54.6 Å². The van der Waals surface area contributed by atoms with Gasteiger partial charge in [-0.05, 0) is 77.4 Å². The number of rotatable bonds is 13. The topological polar surface area (TPSA) is 52.7 Å². The van der Waals surface area contributed by atoms with Crippen LogP contribution in [0.4, 0.5) is 4.79 Å². The molecule has 2 rings (SSSR count). The van der Waals surface area contributed by atoms with Crippen molar-refractivity contribution >= 4 is 11.9 Å². The average molecular weight is 482 g/mol. The Kier molecular flexibility index (Phi) is 13.4. The van der Waals surface area contributed by atoms with Gasteiger partial charge >= 0.3 is 6.03 Å². The van der Waals surface area contributed by atoms with E-state index in [1.807, 2.05) is 19.9 Å². The highest BCUT2D eigenvalue weighted by atomic mass is 16.2. The van der Waals surface area contributed by atoms with Crippen LogP contribution >= 0.6 is 0 Å². The van der Waals surface area contributed by atoms with Gasteiger partial charge in [0.25, 0.3) is 0 Å². The van der Waals surface area contributed by atoms with E-state index in [0.29, 0.717) is 19.1 Å². The number of amides is 3. The van der Waals surface area contributed by atoms with Gasteiger partial charge in [-0.2, -0.15) is 0 Å². The summed E-state index contributed by atoms with van der Waals surface area (Å²) in [6.45, 7) is 12.8. The molecule has 194 valence electrons. The molecule has 5 heteroatoms. The Hall–Kier alpha value is -2.40. The Morgan fingerprint density at radius 2 is 1.80 bits per heavy atom. The normalized spacial score (nSPS) is 18.7. The molecule has 35 heavy (non-hydrogen) atoms. The zero-order valence-electron chi connectivity index (χ0n) is 22.3. The van der Waals surface area contributed by atoms with E-state index >= 15 is 0 Å². The Morgan fingerprint density at radius 3 is 2.49 bits per heavy atom. The van der Waals surface area contributed by atoms with E-state index in [1.54, 1.807) is 6.08 Å². The number of nitrogens with one attached hydrogen (secondary N) is 1. The third kappa shape index (κ3) is 10.0. The standard InChI is InChI=1S/C30H47N3O2/c1-5-8-22-32(23-13-17-26-15-10-9-11-16-26)28-19-12-18-27(20-21-28)29(34)33(7-3)30(35)31-24-25(4)14-6-2/h6,9-11,14-16,27-28H,2,5,7-8,12-13,17-24H2,1,3-4H3,(H,31,35)/b25-14+. The Labute approximate surface area is 213 Å². The summed E-state index contributed by atoms with van der Waals surface area (Å²) in [4.78, 5) is 30.1. The van der Waals surface area contributed by atoms with E-state index in [9.17, 15) is 9.59 Å². The Bertz CT molecular complexity index is 805. The number of carbonyl (C=O) groups excluding carboxylic acids is 2. The van der Waals surface area contributed by atoms with E-state index < -0.39 is 0 Å². The van der Waals surface area contributed by atoms with Crippen molar-refractivity contribution in [3.63, 3.8) is 0 Å². The fraction of sp³-hybridized carbons (Fsp3) is 0.600. The monoisotopic (exact) mass is 481 g/mol. The lowest BCUT2D eigenvalue weighted by molar-refractivity contribution is -0.132. The van der Waals surface area contributed by atoms with Crippen molar-refractivity contribution < 1.29 is 9.59 Å². The minimum absolute atomic E-state index is 0.0137. The lowest BCUT2D eigenvalue weighted by Crippen LogP contribution is -2.46. The predicted molar refractivity (Wildman–Crippen MR) is 146 cm³/mol. The zero-order chi connectivity index (χ0) is 25.5. The van der Waals surface area contributed by atoms with E-state index in [4.69, 9.17) is 0 Å². The summed E-state index contributed by atoms with van der Waals surface area (Å²) in [5.74, 6) is -0.0759. The van der Waals surface area contributed by atoms with Crippen LogP contribution < -0.4 is 5.32 Å². The van der Waals surface area contributed by atoms with Gasteiger partial charge in [0.2, 0.25) is 5.91 Å². The molecule has 0 aliphatic heterocycles. The second-order valence-electron chi connectivity index (χ2n) is 9.83. The van der Waals surface area contributed by atoms with Crippen LogP contribution in [0, 0.1) is 5.92 Å². The first-order valence-electron chi connectivity index (χ1n) is 13.6. The summed E-state index contributed by atoms with van der Waals surface area (Å²) in [6, 6.07) is 11.0. The molecule has 0 heterocycles. The van der Waals surface area contributed by atoms with E-state index in [-0.39, 0.29) is 17.9 Å². The van der Waals surface area contributed by atoms with E-state index in [1.165, 1.54) is 23.3 Å². The molecular weight excluding hydrogens is 434 g/mol. The largest absolute Gasteiger partial charge is 0.334 e. The van der Waals surface area contributed by atoms with Gasteiger partial charge in [0, 0.05) is 25.0 Å². The van der Waals surface area contributed by atoms with Crippen LogP contribution in [-0.4, -0.2) is 54.0 Å². The quantitative estimate of drug-likeness (QED) is 0.263. The number of unbranched alkanes of at least 4 members (excludes halogenated alkanes) is 1. The van der Waals surface area contributed by atoms with Crippen molar-refractivity contribution in [2.75, 3.05) is 26.2 Å². The summed E-state index contributed by atoms with van der Waals surface area (Å²) < 4.78 is 0. The molecule has 1 N–H and O–H groups in total. The van der Waals surface area contributed by atoms with Gasteiger partial charge in [0.05, 0.1) is 0 Å². The number of imide groups is 1. The number of hydrogen-bond acceptors (Lipinski definition) is 3. The van der Waals surface area contributed by atoms with Crippen LogP contribution in [0.2, 0.25) is 0 Å². The van der Waals surface area contributed by atoms with Crippen molar-refractivity contribution in [3.8, 4) is 0 Å². The highest BCUT2D eigenvalue weighted by molar-refractivity contribution is 5.95. The minimum Gasteiger partial charge on any atom is -0.334 e. The second kappa shape index (κ2) is 16.3.